The molecular formula is C17H17N3OS. The van der Waals surface area contributed by atoms with Crippen molar-refractivity contribution in [2.45, 2.75) is 27.7 Å². The van der Waals surface area contributed by atoms with Gasteiger partial charge in [0.05, 0.1) is 11.6 Å². The highest BCUT2D eigenvalue weighted by Gasteiger charge is 2.13. The number of aromatic nitrogens is 2. The van der Waals surface area contributed by atoms with Crippen molar-refractivity contribution in [1.82, 2.24) is 9.66 Å². The third kappa shape index (κ3) is 2.48. The van der Waals surface area contributed by atoms with Crippen molar-refractivity contribution >= 4 is 27.8 Å². The van der Waals surface area contributed by atoms with Crippen LogP contribution in [0.5, 0.6) is 0 Å². The van der Waals surface area contributed by atoms with Gasteiger partial charge in [-0.2, -0.15) is 9.78 Å². The first kappa shape index (κ1) is 14.7. The van der Waals surface area contributed by atoms with Gasteiger partial charge < -0.3 is 0 Å². The third-order valence-corrected chi connectivity index (χ3v) is 4.84. The van der Waals surface area contributed by atoms with E-state index < -0.39 is 0 Å². The molecule has 0 N–H and O–H groups in total. The van der Waals surface area contributed by atoms with Crippen LogP contribution < -0.4 is 5.56 Å². The highest BCUT2D eigenvalue weighted by Crippen LogP contribution is 2.26. The monoisotopic (exact) mass is 311 g/mol. The number of hydrogen-bond acceptors (Lipinski definition) is 4. The maximum Gasteiger partial charge on any atom is 0.283 e. The van der Waals surface area contributed by atoms with Gasteiger partial charge in [-0.05, 0) is 38.8 Å². The maximum absolute atomic E-state index is 12.7. The highest BCUT2D eigenvalue weighted by molar-refractivity contribution is 7.18. The van der Waals surface area contributed by atoms with Gasteiger partial charge in [0.1, 0.15) is 10.7 Å². The number of fused-ring (bicyclic) bond motifs is 1. The van der Waals surface area contributed by atoms with Gasteiger partial charge in [0.25, 0.3) is 5.56 Å². The number of rotatable bonds is 2. The SMILES string of the molecule is Cc1ccc(/C=N/n2c(C)nc3sc(C)c(C)c3c2=O)cc1. The molecule has 0 bridgehead atoms. The lowest BCUT2D eigenvalue weighted by Crippen LogP contribution is -2.20. The minimum Gasteiger partial charge on any atom is -0.267 e. The third-order valence-electron chi connectivity index (χ3n) is 3.74. The largest absolute Gasteiger partial charge is 0.283 e. The van der Waals surface area contributed by atoms with Gasteiger partial charge in [0, 0.05) is 4.88 Å². The minimum atomic E-state index is -0.104. The smallest absolute Gasteiger partial charge is 0.267 e. The molecule has 0 spiro atoms. The molecular weight excluding hydrogens is 294 g/mol. The second-order valence-electron chi connectivity index (χ2n) is 5.39. The summed E-state index contributed by atoms with van der Waals surface area (Å²) in [6, 6.07) is 7.99. The molecule has 0 radical (unpaired) electrons. The van der Waals surface area contributed by atoms with Crippen molar-refractivity contribution in [2.75, 3.05) is 0 Å². The van der Waals surface area contributed by atoms with Crippen LogP contribution in [0, 0.1) is 27.7 Å². The number of nitrogens with zero attached hydrogens (tertiary/aromatic N) is 3. The Morgan fingerprint density at radius 1 is 1.14 bits per heavy atom. The molecule has 0 atom stereocenters. The highest BCUT2D eigenvalue weighted by atomic mass is 32.1. The van der Waals surface area contributed by atoms with E-state index in [1.807, 2.05) is 45.0 Å². The fraction of sp³-hybridized carbons (Fsp3) is 0.235. The van der Waals surface area contributed by atoms with E-state index in [1.54, 1.807) is 24.5 Å². The minimum absolute atomic E-state index is 0.104. The lowest BCUT2D eigenvalue weighted by Gasteiger charge is -2.03. The number of hydrogen-bond donors (Lipinski definition) is 0. The van der Waals surface area contributed by atoms with E-state index in [0.717, 1.165) is 20.8 Å². The maximum atomic E-state index is 12.7. The standard InChI is InChI=1S/C17H17N3OS/c1-10-5-7-14(8-6-10)9-18-20-13(4)19-16-15(17(20)21)11(2)12(3)22-16/h5-9H,1-4H3/b18-9+. The van der Waals surface area contributed by atoms with Crippen molar-refractivity contribution in [1.29, 1.82) is 0 Å². The quantitative estimate of drug-likeness (QED) is 0.679. The zero-order valence-electron chi connectivity index (χ0n) is 13.0. The van der Waals surface area contributed by atoms with Crippen LogP contribution in [0.25, 0.3) is 10.2 Å². The topological polar surface area (TPSA) is 47.2 Å². The Labute approximate surface area is 132 Å². The van der Waals surface area contributed by atoms with Gasteiger partial charge in [0.15, 0.2) is 0 Å². The van der Waals surface area contributed by atoms with Crippen molar-refractivity contribution in [3.05, 3.63) is 62.0 Å². The average Bonchev–Trinajstić information content (AvgIpc) is 2.75. The van der Waals surface area contributed by atoms with E-state index in [-0.39, 0.29) is 5.56 Å². The first-order valence-electron chi connectivity index (χ1n) is 7.08. The normalized spacial score (nSPS) is 11.6. The predicted molar refractivity (Wildman–Crippen MR) is 92.3 cm³/mol. The zero-order chi connectivity index (χ0) is 15.9. The van der Waals surface area contributed by atoms with Crippen LogP contribution in [0.15, 0.2) is 34.2 Å². The van der Waals surface area contributed by atoms with Gasteiger partial charge in [-0.1, -0.05) is 29.8 Å². The molecule has 3 rings (SSSR count). The van der Waals surface area contributed by atoms with Crippen molar-refractivity contribution in [3.63, 3.8) is 0 Å². The van der Waals surface area contributed by atoms with Crippen LogP contribution >= 0.6 is 11.3 Å². The Hall–Kier alpha value is -2.27. The average molecular weight is 311 g/mol. The van der Waals surface area contributed by atoms with Crippen molar-refractivity contribution in [3.8, 4) is 0 Å². The molecule has 0 unspecified atom stereocenters. The molecule has 0 amide bonds. The fourth-order valence-corrected chi connectivity index (χ4v) is 3.37. The summed E-state index contributed by atoms with van der Waals surface area (Å²) in [5.41, 5.74) is 3.04. The zero-order valence-corrected chi connectivity index (χ0v) is 13.9. The van der Waals surface area contributed by atoms with Crippen LogP contribution in [0.1, 0.15) is 27.4 Å². The Kier molecular flexibility index (Phi) is 3.66. The Balaban J connectivity index is 2.12. The van der Waals surface area contributed by atoms with Crippen LogP contribution in [0.2, 0.25) is 0 Å². The molecule has 2 heterocycles. The fourth-order valence-electron chi connectivity index (χ4n) is 2.30. The van der Waals surface area contributed by atoms with Gasteiger partial charge in [0.2, 0.25) is 0 Å². The first-order valence-corrected chi connectivity index (χ1v) is 7.89. The molecule has 0 fully saturated rings. The first-order chi connectivity index (χ1) is 10.5. The van der Waals surface area contributed by atoms with Gasteiger partial charge >= 0.3 is 0 Å². The van der Waals surface area contributed by atoms with Crippen LogP contribution in [-0.4, -0.2) is 15.9 Å². The van der Waals surface area contributed by atoms with Gasteiger partial charge in [-0.25, -0.2) is 4.98 Å². The summed E-state index contributed by atoms with van der Waals surface area (Å²) in [5, 5.41) is 5.00. The predicted octanol–water partition coefficient (Wildman–Crippen LogP) is 3.57. The van der Waals surface area contributed by atoms with E-state index in [1.165, 1.54) is 10.2 Å². The van der Waals surface area contributed by atoms with E-state index in [0.29, 0.717) is 11.2 Å². The second kappa shape index (κ2) is 5.50. The summed E-state index contributed by atoms with van der Waals surface area (Å²) in [6.45, 7) is 7.81. The van der Waals surface area contributed by atoms with Crippen molar-refractivity contribution < 1.29 is 0 Å². The molecule has 0 saturated carbocycles. The summed E-state index contributed by atoms with van der Waals surface area (Å²) in [6.07, 6.45) is 1.69. The molecule has 4 nitrogen and oxygen atoms in total. The summed E-state index contributed by atoms with van der Waals surface area (Å²) < 4.78 is 1.38. The molecule has 5 heteroatoms. The second-order valence-corrected chi connectivity index (χ2v) is 6.60. The molecule has 2 aromatic heterocycles. The molecule has 22 heavy (non-hydrogen) atoms. The van der Waals surface area contributed by atoms with Gasteiger partial charge in [-0.3, -0.25) is 4.79 Å². The summed E-state index contributed by atoms with van der Waals surface area (Å²) in [7, 11) is 0. The molecule has 0 saturated heterocycles. The summed E-state index contributed by atoms with van der Waals surface area (Å²) >= 11 is 1.56. The van der Waals surface area contributed by atoms with Gasteiger partial charge in [-0.15, -0.1) is 11.3 Å². The molecule has 0 aliphatic rings. The van der Waals surface area contributed by atoms with Crippen LogP contribution in [0.3, 0.4) is 0 Å². The van der Waals surface area contributed by atoms with E-state index >= 15 is 0 Å². The molecule has 0 aliphatic carbocycles. The Morgan fingerprint density at radius 2 is 1.82 bits per heavy atom. The van der Waals surface area contributed by atoms with E-state index in [4.69, 9.17) is 0 Å². The Bertz CT molecular complexity index is 933. The number of aryl methyl sites for hydroxylation is 4. The molecule has 112 valence electrons. The summed E-state index contributed by atoms with van der Waals surface area (Å²) in [5.74, 6) is 0.599. The lowest BCUT2D eigenvalue weighted by molar-refractivity contribution is 0.772. The summed E-state index contributed by atoms with van der Waals surface area (Å²) in [4.78, 5) is 19.1. The molecule has 1 aromatic carbocycles. The van der Waals surface area contributed by atoms with Crippen LogP contribution in [-0.2, 0) is 0 Å². The lowest BCUT2D eigenvalue weighted by atomic mass is 10.2. The van der Waals surface area contributed by atoms with Crippen LogP contribution in [0.4, 0.5) is 0 Å². The van der Waals surface area contributed by atoms with E-state index in [9.17, 15) is 4.79 Å². The van der Waals surface area contributed by atoms with Crippen molar-refractivity contribution in [2.24, 2.45) is 5.10 Å². The molecule has 3 aromatic rings. The number of thiophene rings is 1. The van der Waals surface area contributed by atoms with E-state index in [2.05, 4.69) is 10.1 Å². The molecule has 0 aliphatic heterocycles. The number of benzene rings is 1. The Morgan fingerprint density at radius 3 is 2.50 bits per heavy atom.